The number of ether oxygens (including phenoxy) is 1. The Kier molecular flexibility index (Phi) is 4.90. The second kappa shape index (κ2) is 6.20. The Morgan fingerprint density at radius 1 is 1.44 bits per heavy atom. The predicted molar refractivity (Wildman–Crippen MR) is 58.1 cm³/mol. The lowest BCUT2D eigenvalue weighted by atomic mass is 10.3. The van der Waals surface area contributed by atoms with Crippen molar-refractivity contribution in [2.45, 2.75) is 12.6 Å². The molecule has 0 radical (unpaired) electrons. The molecule has 1 aromatic rings. The summed E-state index contributed by atoms with van der Waals surface area (Å²) in [5.74, 6) is -0.451. The highest BCUT2D eigenvalue weighted by Crippen LogP contribution is 2.17. The van der Waals surface area contributed by atoms with E-state index in [1.165, 1.54) is 18.3 Å². The van der Waals surface area contributed by atoms with Gasteiger partial charge in [-0.3, -0.25) is 4.79 Å². The number of nitrogens with zero attached hydrogens (tertiary/aromatic N) is 1. The fourth-order valence-electron chi connectivity index (χ4n) is 1.05. The summed E-state index contributed by atoms with van der Waals surface area (Å²) in [5, 5.41) is 2.48. The van der Waals surface area contributed by atoms with Crippen LogP contribution < -0.4 is 15.8 Å². The number of carbonyl (C=O) groups is 1. The van der Waals surface area contributed by atoms with Crippen LogP contribution >= 0.6 is 0 Å². The van der Waals surface area contributed by atoms with Gasteiger partial charge in [-0.05, 0) is 6.07 Å². The number of halogens is 3. The van der Waals surface area contributed by atoms with Crippen molar-refractivity contribution in [3.05, 3.63) is 18.3 Å². The van der Waals surface area contributed by atoms with Gasteiger partial charge in [0.1, 0.15) is 0 Å². The van der Waals surface area contributed by atoms with Crippen LogP contribution in [-0.2, 0) is 4.79 Å². The Labute approximate surface area is 101 Å². The van der Waals surface area contributed by atoms with Gasteiger partial charge in [0.05, 0.1) is 11.9 Å². The smallest absolute Gasteiger partial charge is 0.422 e. The highest BCUT2D eigenvalue weighted by molar-refractivity contribution is 5.90. The van der Waals surface area contributed by atoms with E-state index in [1.807, 2.05) is 0 Å². The SMILES string of the molecule is NCCC(=O)Nc1ccc(OCC(F)(F)F)nc1. The lowest BCUT2D eigenvalue weighted by molar-refractivity contribution is -0.154. The minimum atomic E-state index is -4.41. The van der Waals surface area contributed by atoms with Crippen molar-refractivity contribution in [3.63, 3.8) is 0 Å². The van der Waals surface area contributed by atoms with Crippen LogP contribution in [-0.4, -0.2) is 30.2 Å². The first kappa shape index (κ1) is 14.2. The zero-order valence-electron chi connectivity index (χ0n) is 9.33. The minimum absolute atomic E-state index is 0.159. The third kappa shape index (κ3) is 5.48. The van der Waals surface area contributed by atoms with E-state index in [4.69, 9.17) is 5.73 Å². The summed E-state index contributed by atoms with van der Waals surface area (Å²) in [6.45, 7) is -1.19. The Balaban J connectivity index is 2.50. The van der Waals surface area contributed by atoms with E-state index < -0.39 is 12.8 Å². The molecule has 0 aromatic carbocycles. The number of hydrogen-bond donors (Lipinski definition) is 2. The number of nitrogens with one attached hydrogen (secondary N) is 1. The summed E-state index contributed by atoms with van der Waals surface area (Å²) >= 11 is 0. The molecular weight excluding hydrogens is 251 g/mol. The van der Waals surface area contributed by atoms with Gasteiger partial charge in [0.2, 0.25) is 11.8 Å². The molecule has 1 aromatic heterocycles. The van der Waals surface area contributed by atoms with Gasteiger partial charge in [0, 0.05) is 19.0 Å². The molecule has 0 spiro atoms. The number of hydrogen-bond acceptors (Lipinski definition) is 4. The maximum absolute atomic E-state index is 11.9. The third-order valence-corrected chi connectivity index (χ3v) is 1.78. The number of amides is 1. The van der Waals surface area contributed by atoms with Crippen molar-refractivity contribution in [3.8, 4) is 5.88 Å². The molecule has 0 unspecified atom stereocenters. The van der Waals surface area contributed by atoms with Crippen LogP contribution in [0.5, 0.6) is 5.88 Å². The van der Waals surface area contributed by atoms with Gasteiger partial charge in [0.15, 0.2) is 6.61 Å². The second-order valence-corrected chi connectivity index (χ2v) is 3.38. The molecule has 0 fully saturated rings. The maximum atomic E-state index is 11.9. The normalized spacial score (nSPS) is 11.1. The molecule has 0 aliphatic carbocycles. The summed E-state index contributed by atoms with van der Waals surface area (Å²) in [6.07, 6.45) is -3.04. The molecule has 5 nitrogen and oxygen atoms in total. The number of alkyl halides is 3. The van der Waals surface area contributed by atoms with Crippen LogP contribution in [0.1, 0.15) is 6.42 Å². The van der Waals surface area contributed by atoms with Crippen LogP contribution in [0, 0.1) is 0 Å². The van der Waals surface area contributed by atoms with Crippen molar-refractivity contribution in [2.75, 3.05) is 18.5 Å². The largest absolute Gasteiger partial charge is 0.468 e. The molecular formula is C10H12F3N3O2. The average Bonchev–Trinajstić information content (AvgIpc) is 2.27. The van der Waals surface area contributed by atoms with Crippen LogP contribution in [0.3, 0.4) is 0 Å². The highest BCUT2D eigenvalue weighted by Gasteiger charge is 2.28. The number of rotatable bonds is 5. The summed E-state index contributed by atoms with van der Waals surface area (Å²) in [4.78, 5) is 14.8. The molecule has 0 aliphatic rings. The Bertz CT molecular complexity index is 392. The van der Waals surface area contributed by atoms with Gasteiger partial charge < -0.3 is 15.8 Å². The third-order valence-electron chi connectivity index (χ3n) is 1.78. The van der Waals surface area contributed by atoms with Crippen LogP contribution in [0.15, 0.2) is 18.3 Å². The first-order chi connectivity index (χ1) is 8.40. The summed E-state index contributed by atoms with van der Waals surface area (Å²) < 4.78 is 40.0. The molecule has 0 bridgehead atoms. The molecule has 0 aliphatic heterocycles. The number of pyridine rings is 1. The van der Waals surface area contributed by atoms with E-state index in [0.717, 1.165) is 0 Å². The van der Waals surface area contributed by atoms with Crippen molar-refractivity contribution in [2.24, 2.45) is 5.73 Å². The molecule has 1 amide bonds. The van der Waals surface area contributed by atoms with Gasteiger partial charge in [-0.2, -0.15) is 13.2 Å². The quantitative estimate of drug-likeness (QED) is 0.839. The molecule has 100 valence electrons. The second-order valence-electron chi connectivity index (χ2n) is 3.38. The summed E-state index contributed by atoms with van der Waals surface area (Å²) in [5.41, 5.74) is 5.55. The van der Waals surface area contributed by atoms with E-state index in [2.05, 4.69) is 15.0 Å². The predicted octanol–water partition coefficient (Wildman–Crippen LogP) is 1.31. The number of aromatic nitrogens is 1. The lowest BCUT2D eigenvalue weighted by Crippen LogP contribution is -2.19. The van der Waals surface area contributed by atoms with Crippen LogP contribution in [0.25, 0.3) is 0 Å². The summed E-state index contributed by atoms with van der Waals surface area (Å²) in [6, 6.07) is 2.64. The van der Waals surface area contributed by atoms with Gasteiger partial charge in [-0.1, -0.05) is 0 Å². The molecule has 1 rings (SSSR count). The van der Waals surface area contributed by atoms with Crippen molar-refractivity contribution < 1.29 is 22.7 Å². The van der Waals surface area contributed by atoms with Gasteiger partial charge in [-0.15, -0.1) is 0 Å². The van der Waals surface area contributed by atoms with Gasteiger partial charge in [0.25, 0.3) is 0 Å². The first-order valence-corrected chi connectivity index (χ1v) is 5.06. The van der Waals surface area contributed by atoms with Gasteiger partial charge >= 0.3 is 6.18 Å². The van der Waals surface area contributed by atoms with Crippen LogP contribution in [0.2, 0.25) is 0 Å². The zero-order valence-corrected chi connectivity index (χ0v) is 9.33. The molecule has 0 saturated heterocycles. The van der Waals surface area contributed by atoms with Gasteiger partial charge in [-0.25, -0.2) is 4.98 Å². The lowest BCUT2D eigenvalue weighted by Gasteiger charge is -2.09. The van der Waals surface area contributed by atoms with E-state index >= 15 is 0 Å². The Morgan fingerprint density at radius 2 is 2.17 bits per heavy atom. The average molecular weight is 263 g/mol. The molecule has 0 saturated carbocycles. The first-order valence-electron chi connectivity index (χ1n) is 5.06. The van der Waals surface area contributed by atoms with E-state index in [9.17, 15) is 18.0 Å². The monoisotopic (exact) mass is 263 g/mol. The fraction of sp³-hybridized carbons (Fsp3) is 0.400. The number of anilines is 1. The summed E-state index contributed by atoms with van der Waals surface area (Å²) in [7, 11) is 0. The topological polar surface area (TPSA) is 77.2 Å². The van der Waals surface area contributed by atoms with Crippen LogP contribution in [0.4, 0.5) is 18.9 Å². The Morgan fingerprint density at radius 3 is 2.67 bits per heavy atom. The van der Waals surface area contributed by atoms with E-state index in [-0.39, 0.29) is 24.8 Å². The standard InChI is InChI=1S/C10H12F3N3O2/c11-10(12,13)6-18-9-2-1-7(5-15-9)16-8(17)3-4-14/h1-2,5H,3-4,6,14H2,(H,16,17). The molecule has 1 heterocycles. The maximum Gasteiger partial charge on any atom is 0.422 e. The van der Waals surface area contributed by atoms with E-state index in [1.54, 1.807) is 0 Å². The molecule has 3 N–H and O–H groups in total. The zero-order chi connectivity index (χ0) is 13.6. The molecule has 18 heavy (non-hydrogen) atoms. The van der Waals surface area contributed by atoms with Crippen molar-refractivity contribution in [1.82, 2.24) is 4.98 Å². The van der Waals surface area contributed by atoms with Crippen molar-refractivity contribution in [1.29, 1.82) is 0 Å². The highest BCUT2D eigenvalue weighted by atomic mass is 19.4. The minimum Gasteiger partial charge on any atom is -0.468 e. The van der Waals surface area contributed by atoms with Crippen molar-refractivity contribution >= 4 is 11.6 Å². The number of carbonyl (C=O) groups excluding carboxylic acids is 1. The molecule has 8 heteroatoms. The Hall–Kier alpha value is -1.83. The number of nitrogens with two attached hydrogens (primary N) is 1. The molecule has 0 atom stereocenters. The van der Waals surface area contributed by atoms with E-state index in [0.29, 0.717) is 5.69 Å². The fourth-order valence-corrected chi connectivity index (χ4v) is 1.05.